The Bertz CT molecular complexity index is 856. The zero-order chi connectivity index (χ0) is 21.2. The van der Waals surface area contributed by atoms with Gasteiger partial charge in [-0.25, -0.2) is 9.18 Å². The van der Waals surface area contributed by atoms with Crippen molar-refractivity contribution >= 4 is 29.4 Å². The Morgan fingerprint density at radius 1 is 1.10 bits per heavy atom. The molecule has 29 heavy (non-hydrogen) atoms. The lowest BCUT2D eigenvalue weighted by Crippen LogP contribution is -2.42. The number of hydrogen-bond acceptors (Lipinski definition) is 6. The fraction of sp³-hybridized carbons (Fsp3) is 0.286. The van der Waals surface area contributed by atoms with Crippen LogP contribution in [0.1, 0.15) is 27.1 Å². The van der Waals surface area contributed by atoms with Crippen LogP contribution in [0.15, 0.2) is 48.5 Å². The molecule has 2 rings (SSSR count). The van der Waals surface area contributed by atoms with Crippen LogP contribution in [0.25, 0.3) is 0 Å². The predicted octanol–water partition coefficient (Wildman–Crippen LogP) is 3.11. The molecular formula is C21H22FNO5S. The molecule has 0 bridgehead atoms. The molecule has 0 spiro atoms. The zero-order valence-electron chi connectivity index (χ0n) is 16.1. The molecule has 0 radical (unpaired) electrons. The zero-order valence-corrected chi connectivity index (χ0v) is 17.0. The third kappa shape index (κ3) is 6.60. The van der Waals surface area contributed by atoms with Gasteiger partial charge in [-0.3, -0.25) is 9.59 Å². The topological polar surface area (TPSA) is 81.7 Å². The molecule has 0 fully saturated rings. The Morgan fingerprint density at radius 3 is 2.45 bits per heavy atom. The van der Waals surface area contributed by atoms with Gasteiger partial charge in [0, 0.05) is 5.56 Å². The molecule has 154 valence electrons. The normalized spacial score (nSPS) is 11.4. The van der Waals surface area contributed by atoms with Gasteiger partial charge in [-0.1, -0.05) is 12.1 Å². The van der Waals surface area contributed by atoms with Gasteiger partial charge >= 0.3 is 5.97 Å². The van der Waals surface area contributed by atoms with Gasteiger partial charge in [0.15, 0.2) is 12.4 Å². The summed E-state index contributed by atoms with van der Waals surface area (Å²) in [4.78, 5) is 37.2. The molecule has 1 amide bonds. The maximum absolute atomic E-state index is 13.0. The van der Waals surface area contributed by atoms with E-state index in [2.05, 4.69) is 5.32 Å². The van der Waals surface area contributed by atoms with E-state index in [-0.39, 0.29) is 5.56 Å². The van der Waals surface area contributed by atoms with Gasteiger partial charge < -0.3 is 14.8 Å². The molecular weight excluding hydrogens is 397 g/mol. The van der Waals surface area contributed by atoms with Gasteiger partial charge in [-0.2, -0.15) is 11.8 Å². The van der Waals surface area contributed by atoms with Crippen molar-refractivity contribution in [2.75, 3.05) is 25.7 Å². The molecule has 1 N–H and O–H groups in total. The molecule has 2 aromatic rings. The molecule has 2 aromatic carbocycles. The third-order valence-corrected chi connectivity index (χ3v) is 4.71. The number of ether oxygens (including phenoxy) is 2. The first-order chi connectivity index (χ1) is 14.0. The minimum atomic E-state index is -0.916. The van der Waals surface area contributed by atoms with Crippen molar-refractivity contribution in [1.29, 1.82) is 0 Å². The lowest BCUT2D eigenvalue weighted by molar-refractivity contribution is -0.144. The number of esters is 1. The number of methoxy groups -OCH3 is 1. The molecule has 0 unspecified atom stereocenters. The van der Waals surface area contributed by atoms with Crippen molar-refractivity contribution in [2.24, 2.45) is 0 Å². The van der Waals surface area contributed by atoms with Gasteiger partial charge in [0.05, 0.1) is 12.7 Å². The second-order valence-electron chi connectivity index (χ2n) is 6.05. The predicted molar refractivity (Wildman–Crippen MR) is 109 cm³/mol. The Labute approximate surface area is 172 Å². The monoisotopic (exact) mass is 419 g/mol. The van der Waals surface area contributed by atoms with Crippen molar-refractivity contribution in [2.45, 2.75) is 12.5 Å². The number of thioether (sulfide) groups is 1. The largest absolute Gasteiger partial charge is 0.496 e. The molecule has 0 aliphatic rings. The van der Waals surface area contributed by atoms with Crippen LogP contribution in [0.4, 0.5) is 4.39 Å². The second kappa shape index (κ2) is 11.2. The summed E-state index contributed by atoms with van der Waals surface area (Å²) in [6.45, 7) is -0.495. The fourth-order valence-electron chi connectivity index (χ4n) is 2.51. The summed E-state index contributed by atoms with van der Waals surface area (Å²) in [5.74, 6) is -1.12. The van der Waals surface area contributed by atoms with Gasteiger partial charge in [-0.15, -0.1) is 0 Å². The summed E-state index contributed by atoms with van der Waals surface area (Å²) in [5, 5.41) is 2.65. The van der Waals surface area contributed by atoms with E-state index in [1.54, 1.807) is 24.3 Å². The van der Waals surface area contributed by atoms with Gasteiger partial charge in [0.25, 0.3) is 5.91 Å². The van der Waals surface area contributed by atoms with Crippen molar-refractivity contribution in [3.8, 4) is 5.75 Å². The highest BCUT2D eigenvalue weighted by atomic mass is 32.2. The third-order valence-electron chi connectivity index (χ3n) is 4.06. The summed E-state index contributed by atoms with van der Waals surface area (Å²) in [6, 6.07) is 10.7. The minimum Gasteiger partial charge on any atom is -0.496 e. The molecule has 0 saturated carbocycles. The number of Topliss-reactive ketones (excluding diaryl/α,β-unsaturated/α-hetero) is 1. The van der Waals surface area contributed by atoms with E-state index in [0.29, 0.717) is 23.5 Å². The van der Waals surface area contributed by atoms with E-state index in [1.165, 1.54) is 31.0 Å². The van der Waals surface area contributed by atoms with Crippen LogP contribution in [0.5, 0.6) is 5.75 Å². The molecule has 0 saturated heterocycles. The van der Waals surface area contributed by atoms with Gasteiger partial charge in [-0.05, 0) is 54.8 Å². The van der Waals surface area contributed by atoms with Crippen molar-refractivity contribution in [1.82, 2.24) is 5.32 Å². The average Bonchev–Trinajstić information content (AvgIpc) is 2.74. The van der Waals surface area contributed by atoms with E-state index < -0.39 is 36.1 Å². The molecule has 8 heteroatoms. The van der Waals surface area contributed by atoms with Crippen molar-refractivity contribution < 1.29 is 28.2 Å². The van der Waals surface area contributed by atoms with E-state index in [0.717, 1.165) is 12.1 Å². The second-order valence-corrected chi connectivity index (χ2v) is 7.03. The number of carbonyl (C=O) groups excluding carboxylic acids is 3. The summed E-state index contributed by atoms with van der Waals surface area (Å²) in [6.07, 6.45) is 2.22. The number of para-hydroxylation sites is 1. The summed E-state index contributed by atoms with van der Waals surface area (Å²) < 4.78 is 23.2. The van der Waals surface area contributed by atoms with Crippen molar-refractivity contribution in [3.63, 3.8) is 0 Å². The van der Waals surface area contributed by atoms with Crippen molar-refractivity contribution in [3.05, 3.63) is 65.5 Å². The Hall–Kier alpha value is -2.87. The number of rotatable bonds is 10. The summed E-state index contributed by atoms with van der Waals surface area (Å²) in [7, 11) is 1.45. The lowest BCUT2D eigenvalue weighted by atomic mass is 10.1. The number of nitrogens with one attached hydrogen (secondary N) is 1. The summed E-state index contributed by atoms with van der Waals surface area (Å²) >= 11 is 1.51. The van der Waals surface area contributed by atoms with Crippen LogP contribution in [-0.4, -0.2) is 49.4 Å². The van der Waals surface area contributed by atoms with Crippen LogP contribution >= 0.6 is 11.8 Å². The number of carbonyl (C=O) groups is 3. The maximum atomic E-state index is 13.0. The highest BCUT2D eigenvalue weighted by molar-refractivity contribution is 7.98. The van der Waals surface area contributed by atoms with Crippen LogP contribution in [0, 0.1) is 5.82 Å². The molecule has 0 heterocycles. The summed E-state index contributed by atoms with van der Waals surface area (Å²) in [5.41, 5.74) is 0.525. The van der Waals surface area contributed by atoms with Crippen LogP contribution < -0.4 is 10.1 Å². The van der Waals surface area contributed by atoms with Gasteiger partial charge in [0.1, 0.15) is 17.6 Å². The van der Waals surface area contributed by atoms with Crippen LogP contribution in [0.3, 0.4) is 0 Å². The number of hydrogen-bond donors (Lipinski definition) is 1. The van der Waals surface area contributed by atoms with E-state index >= 15 is 0 Å². The Kier molecular flexibility index (Phi) is 8.67. The minimum absolute atomic E-state index is 0.234. The average molecular weight is 419 g/mol. The maximum Gasteiger partial charge on any atom is 0.329 e. The molecule has 0 aromatic heterocycles. The van der Waals surface area contributed by atoms with E-state index in [9.17, 15) is 18.8 Å². The van der Waals surface area contributed by atoms with E-state index in [1.807, 2.05) is 6.26 Å². The SMILES string of the molecule is COc1ccccc1C(=O)N[C@H](CCSC)C(=O)OCC(=O)c1ccc(F)cc1. The first kappa shape index (κ1) is 22.4. The quantitative estimate of drug-likeness (QED) is 0.471. The smallest absolute Gasteiger partial charge is 0.329 e. The fourth-order valence-corrected chi connectivity index (χ4v) is 2.98. The number of ketones is 1. The first-order valence-corrected chi connectivity index (χ1v) is 10.2. The number of amides is 1. The molecule has 1 atom stereocenters. The van der Waals surface area contributed by atoms with Gasteiger partial charge in [0.2, 0.25) is 0 Å². The number of benzene rings is 2. The van der Waals surface area contributed by atoms with E-state index in [4.69, 9.17) is 9.47 Å². The highest BCUT2D eigenvalue weighted by Gasteiger charge is 2.24. The van der Waals surface area contributed by atoms with Crippen LogP contribution in [-0.2, 0) is 9.53 Å². The molecule has 0 aliphatic carbocycles. The van der Waals surface area contributed by atoms with Crippen LogP contribution in [0.2, 0.25) is 0 Å². The lowest BCUT2D eigenvalue weighted by Gasteiger charge is -2.18. The highest BCUT2D eigenvalue weighted by Crippen LogP contribution is 2.17. The number of halogens is 1. The molecule has 0 aliphatic heterocycles. The standard InChI is InChI=1S/C21H22FNO5S/c1-27-19-6-4-3-5-16(19)20(25)23-17(11-12-29-2)21(26)28-13-18(24)14-7-9-15(22)10-8-14/h3-10,17H,11-13H2,1-2H3,(H,23,25)/t17-/m1/s1. The molecule has 6 nitrogen and oxygen atoms in total. The Balaban J connectivity index is 2.02. The first-order valence-electron chi connectivity index (χ1n) is 8.84. The Morgan fingerprint density at radius 2 is 1.79 bits per heavy atom.